The molecule has 0 fully saturated rings. The number of pyridine rings is 1. The van der Waals surface area contributed by atoms with Crippen molar-refractivity contribution in [2.75, 3.05) is 6.61 Å². The van der Waals surface area contributed by atoms with Gasteiger partial charge in [0.1, 0.15) is 11.8 Å². The van der Waals surface area contributed by atoms with E-state index in [0.29, 0.717) is 0 Å². The summed E-state index contributed by atoms with van der Waals surface area (Å²) in [6.45, 7) is 1.60. The van der Waals surface area contributed by atoms with E-state index in [-0.39, 0.29) is 6.61 Å². The molecule has 0 saturated heterocycles. The first-order valence-corrected chi connectivity index (χ1v) is 6.07. The van der Waals surface area contributed by atoms with Crippen molar-refractivity contribution in [1.29, 1.82) is 5.26 Å². The highest BCUT2D eigenvalue weighted by Gasteiger charge is 1.97. The summed E-state index contributed by atoms with van der Waals surface area (Å²) in [5, 5.41) is 11.8. The molecule has 0 aliphatic rings. The maximum Gasteiger partial charge on any atom is 0.174 e. The molecular formula is C15H15N3O. The van der Waals surface area contributed by atoms with Crippen LogP contribution in [0.5, 0.6) is 5.75 Å². The molecule has 0 aliphatic heterocycles. The van der Waals surface area contributed by atoms with E-state index in [9.17, 15) is 0 Å². The zero-order valence-corrected chi connectivity index (χ0v) is 10.5. The molecule has 1 aromatic heterocycles. The van der Waals surface area contributed by atoms with Gasteiger partial charge in [-0.3, -0.25) is 4.98 Å². The van der Waals surface area contributed by atoms with Crippen LogP contribution >= 0.6 is 0 Å². The van der Waals surface area contributed by atoms with Gasteiger partial charge in [0.15, 0.2) is 6.61 Å². The van der Waals surface area contributed by atoms with Gasteiger partial charge in [0.25, 0.3) is 0 Å². The highest BCUT2D eigenvalue weighted by molar-refractivity contribution is 5.28. The Morgan fingerprint density at radius 1 is 1.16 bits per heavy atom. The second kappa shape index (κ2) is 7.14. The van der Waals surface area contributed by atoms with Gasteiger partial charge in [-0.1, -0.05) is 18.2 Å². The predicted octanol–water partition coefficient (Wildman–Crippen LogP) is 2.27. The summed E-state index contributed by atoms with van der Waals surface area (Å²) in [7, 11) is 0. The lowest BCUT2D eigenvalue weighted by molar-refractivity contribution is 0.367. The van der Waals surface area contributed by atoms with Gasteiger partial charge in [0, 0.05) is 25.5 Å². The van der Waals surface area contributed by atoms with Crippen molar-refractivity contribution in [3.8, 4) is 11.8 Å². The van der Waals surface area contributed by atoms with Gasteiger partial charge in [-0.05, 0) is 29.3 Å². The number of nitrogens with one attached hydrogen (secondary N) is 1. The maximum atomic E-state index is 8.47. The van der Waals surface area contributed by atoms with Crippen LogP contribution in [0.25, 0.3) is 0 Å². The first kappa shape index (κ1) is 13.1. The first-order valence-electron chi connectivity index (χ1n) is 6.07. The number of rotatable bonds is 6. The molecule has 19 heavy (non-hydrogen) atoms. The molecule has 0 bridgehead atoms. The fraction of sp³-hybridized carbons (Fsp3) is 0.200. The van der Waals surface area contributed by atoms with Crippen molar-refractivity contribution in [2.24, 2.45) is 0 Å². The Bertz CT molecular complexity index is 549. The summed E-state index contributed by atoms with van der Waals surface area (Å²) >= 11 is 0. The maximum absolute atomic E-state index is 8.47. The van der Waals surface area contributed by atoms with Crippen LogP contribution in [0.2, 0.25) is 0 Å². The van der Waals surface area contributed by atoms with E-state index in [2.05, 4.69) is 10.3 Å². The predicted molar refractivity (Wildman–Crippen MR) is 72.3 cm³/mol. The standard InChI is InChI=1S/C15H15N3O/c16-6-8-19-15-5-1-3-13(9-15)10-18-12-14-4-2-7-17-11-14/h1-5,7,9,11,18H,8,10,12H2. The molecule has 96 valence electrons. The van der Waals surface area contributed by atoms with Crippen LogP contribution in [0.4, 0.5) is 0 Å². The SMILES string of the molecule is N#CCOc1cccc(CNCc2cccnc2)c1. The highest BCUT2D eigenvalue weighted by Crippen LogP contribution is 2.13. The molecule has 0 amide bonds. The molecule has 1 heterocycles. The molecule has 2 aromatic rings. The third-order valence-corrected chi connectivity index (χ3v) is 2.58. The van der Waals surface area contributed by atoms with E-state index in [1.54, 1.807) is 6.20 Å². The van der Waals surface area contributed by atoms with Gasteiger partial charge in [0.05, 0.1) is 0 Å². The molecule has 0 aliphatic carbocycles. The summed E-state index contributed by atoms with van der Waals surface area (Å²) in [5.41, 5.74) is 2.28. The van der Waals surface area contributed by atoms with Crippen molar-refractivity contribution in [3.05, 3.63) is 59.9 Å². The van der Waals surface area contributed by atoms with Crippen molar-refractivity contribution >= 4 is 0 Å². The Hall–Kier alpha value is -2.38. The van der Waals surface area contributed by atoms with E-state index in [1.165, 1.54) is 0 Å². The molecule has 2 rings (SSSR count). The fourth-order valence-corrected chi connectivity index (χ4v) is 1.71. The molecule has 0 unspecified atom stereocenters. The minimum atomic E-state index is 0.0760. The quantitative estimate of drug-likeness (QED) is 0.858. The number of nitrogens with zero attached hydrogens (tertiary/aromatic N) is 2. The minimum Gasteiger partial charge on any atom is -0.479 e. The lowest BCUT2D eigenvalue weighted by Gasteiger charge is -2.07. The average molecular weight is 253 g/mol. The third-order valence-electron chi connectivity index (χ3n) is 2.58. The third kappa shape index (κ3) is 4.41. The molecule has 0 radical (unpaired) electrons. The van der Waals surface area contributed by atoms with Gasteiger partial charge < -0.3 is 10.1 Å². The van der Waals surface area contributed by atoms with Crippen LogP contribution in [0.1, 0.15) is 11.1 Å². The Balaban J connectivity index is 1.84. The second-order valence-electron chi connectivity index (χ2n) is 4.06. The number of ether oxygens (including phenoxy) is 1. The largest absolute Gasteiger partial charge is 0.479 e. The van der Waals surface area contributed by atoms with Crippen molar-refractivity contribution < 1.29 is 4.74 Å². The van der Waals surface area contributed by atoms with Crippen molar-refractivity contribution in [2.45, 2.75) is 13.1 Å². The Labute approximate surface area is 112 Å². The summed E-state index contributed by atoms with van der Waals surface area (Å²) in [6.07, 6.45) is 3.61. The molecule has 1 aromatic carbocycles. The van der Waals surface area contributed by atoms with Crippen LogP contribution in [-0.4, -0.2) is 11.6 Å². The smallest absolute Gasteiger partial charge is 0.174 e. The van der Waals surface area contributed by atoms with E-state index < -0.39 is 0 Å². The number of hydrogen-bond donors (Lipinski definition) is 1. The van der Waals surface area contributed by atoms with Crippen LogP contribution in [0.15, 0.2) is 48.8 Å². The van der Waals surface area contributed by atoms with E-state index in [0.717, 1.165) is 30.0 Å². The monoisotopic (exact) mass is 253 g/mol. The summed E-state index contributed by atoms with van der Waals surface area (Å²) < 4.78 is 5.26. The van der Waals surface area contributed by atoms with Crippen LogP contribution in [0, 0.1) is 11.3 Å². The first-order chi connectivity index (χ1) is 9.38. The average Bonchev–Trinajstić information content (AvgIpc) is 2.47. The number of nitriles is 1. The van der Waals surface area contributed by atoms with Gasteiger partial charge >= 0.3 is 0 Å². The zero-order chi connectivity index (χ0) is 13.3. The molecule has 0 saturated carbocycles. The van der Waals surface area contributed by atoms with Crippen molar-refractivity contribution in [1.82, 2.24) is 10.3 Å². The lowest BCUT2D eigenvalue weighted by atomic mass is 10.2. The second-order valence-corrected chi connectivity index (χ2v) is 4.06. The fourth-order valence-electron chi connectivity index (χ4n) is 1.71. The van der Waals surface area contributed by atoms with Gasteiger partial charge in [-0.2, -0.15) is 5.26 Å². The molecule has 4 nitrogen and oxygen atoms in total. The Kier molecular flexibility index (Phi) is 4.91. The zero-order valence-electron chi connectivity index (χ0n) is 10.5. The molecule has 0 atom stereocenters. The van der Waals surface area contributed by atoms with Gasteiger partial charge in [0.2, 0.25) is 0 Å². The van der Waals surface area contributed by atoms with E-state index in [4.69, 9.17) is 10.00 Å². The molecule has 0 spiro atoms. The topological polar surface area (TPSA) is 57.9 Å². The summed E-state index contributed by atoms with van der Waals surface area (Å²) in [6, 6.07) is 13.6. The number of benzene rings is 1. The molecule has 4 heteroatoms. The van der Waals surface area contributed by atoms with Crippen molar-refractivity contribution in [3.63, 3.8) is 0 Å². The summed E-state index contributed by atoms with van der Waals surface area (Å²) in [4.78, 5) is 4.07. The Morgan fingerprint density at radius 2 is 2.00 bits per heavy atom. The molecule has 1 N–H and O–H groups in total. The number of hydrogen-bond acceptors (Lipinski definition) is 4. The highest BCUT2D eigenvalue weighted by atomic mass is 16.5. The van der Waals surface area contributed by atoms with Gasteiger partial charge in [-0.25, -0.2) is 0 Å². The summed E-state index contributed by atoms with van der Waals surface area (Å²) in [5.74, 6) is 0.724. The van der Waals surface area contributed by atoms with Crippen LogP contribution in [-0.2, 0) is 13.1 Å². The van der Waals surface area contributed by atoms with Gasteiger partial charge in [-0.15, -0.1) is 0 Å². The Morgan fingerprint density at radius 3 is 2.79 bits per heavy atom. The van der Waals surface area contributed by atoms with Crippen LogP contribution < -0.4 is 10.1 Å². The number of aromatic nitrogens is 1. The molecular weight excluding hydrogens is 238 g/mol. The van der Waals surface area contributed by atoms with Crippen LogP contribution in [0.3, 0.4) is 0 Å². The van der Waals surface area contributed by atoms with E-state index >= 15 is 0 Å². The lowest BCUT2D eigenvalue weighted by Crippen LogP contribution is -2.12. The van der Waals surface area contributed by atoms with E-state index in [1.807, 2.05) is 48.7 Å². The normalized spacial score (nSPS) is 9.84. The minimum absolute atomic E-state index is 0.0760.